The zero-order valence-electron chi connectivity index (χ0n) is 28.9. The Balaban J connectivity index is 0.00000265. The molecular formula is C38H45F3N4O4. The summed E-state index contributed by atoms with van der Waals surface area (Å²) in [5.41, 5.74) is 0.581. The minimum atomic E-state index is -4.76. The molecule has 2 aromatic heterocycles. The number of nitrogens with zero attached hydrogens (tertiary/aromatic N) is 3. The van der Waals surface area contributed by atoms with Crippen LogP contribution in [0, 0.1) is 5.92 Å². The van der Waals surface area contributed by atoms with Gasteiger partial charge in [0.15, 0.2) is 17.1 Å². The summed E-state index contributed by atoms with van der Waals surface area (Å²) in [6.45, 7) is 14.9. The largest absolute Gasteiger partial charge is 0.440 e. The molecule has 2 fully saturated rings. The van der Waals surface area contributed by atoms with E-state index in [-0.39, 0.29) is 50.8 Å². The Morgan fingerprint density at radius 1 is 1.12 bits per heavy atom. The molecule has 0 atom stereocenters. The highest BCUT2D eigenvalue weighted by molar-refractivity contribution is 6.04. The number of ketones is 1. The number of benzene rings is 1. The molecule has 0 unspecified atom stereocenters. The highest BCUT2D eigenvalue weighted by atomic mass is 19.4. The lowest BCUT2D eigenvalue weighted by molar-refractivity contribution is -0.137. The number of Topliss-reactive ketones (excluding diaryl/α,β-unsaturated/α-hetero) is 1. The molecular weight excluding hydrogens is 633 g/mol. The molecule has 2 aliphatic rings. The second-order valence-electron chi connectivity index (χ2n) is 11.9. The average Bonchev–Trinajstić information content (AvgIpc) is 3.60. The smallest absolute Gasteiger partial charge is 0.417 e. The van der Waals surface area contributed by atoms with E-state index in [2.05, 4.69) is 21.9 Å². The van der Waals surface area contributed by atoms with Crippen molar-refractivity contribution in [1.29, 1.82) is 0 Å². The average molecular weight is 679 g/mol. The van der Waals surface area contributed by atoms with Crippen LogP contribution < -0.4 is 15.6 Å². The van der Waals surface area contributed by atoms with Crippen molar-refractivity contribution in [3.63, 3.8) is 0 Å². The fraction of sp³-hybridized carbons (Fsp3) is 0.421. The third kappa shape index (κ3) is 9.35. The summed E-state index contributed by atoms with van der Waals surface area (Å²) in [7, 11) is 0. The number of nitrogens with one attached hydrogen (secondary N) is 1. The van der Waals surface area contributed by atoms with Crippen molar-refractivity contribution in [2.45, 2.75) is 72.9 Å². The van der Waals surface area contributed by atoms with Gasteiger partial charge in [-0.3, -0.25) is 9.59 Å². The topological polar surface area (TPSA) is 97.0 Å². The van der Waals surface area contributed by atoms with Crippen molar-refractivity contribution in [3.8, 4) is 11.1 Å². The molecule has 1 aliphatic heterocycles. The molecule has 3 aromatic rings. The van der Waals surface area contributed by atoms with Gasteiger partial charge in [0.25, 0.3) is 0 Å². The summed E-state index contributed by atoms with van der Waals surface area (Å²) in [6.07, 6.45) is 5.32. The molecule has 1 aliphatic carbocycles. The van der Waals surface area contributed by atoms with Crippen LogP contribution in [0.5, 0.6) is 0 Å². The van der Waals surface area contributed by atoms with E-state index in [0.29, 0.717) is 44.4 Å². The lowest BCUT2D eigenvalue weighted by atomic mass is 9.93. The van der Waals surface area contributed by atoms with Crippen LogP contribution in [-0.4, -0.2) is 42.8 Å². The summed E-state index contributed by atoms with van der Waals surface area (Å²) in [4.78, 5) is 35.9. The van der Waals surface area contributed by atoms with Crippen molar-refractivity contribution in [3.05, 3.63) is 88.0 Å². The van der Waals surface area contributed by atoms with Gasteiger partial charge in [0.2, 0.25) is 0 Å². The van der Waals surface area contributed by atoms with Gasteiger partial charge in [-0.25, -0.2) is 9.98 Å². The van der Waals surface area contributed by atoms with Gasteiger partial charge in [-0.1, -0.05) is 64.3 Å². The first kappa shape index (κ1) is 37.3. The quantitative estimate of drug-likeness (QED) is 0.130. The Hall–Kier alpha value is -4.51. The molecule has 0 amide bonds. The molecule has 0 radical (unpaired) electrons. The standard InChI is InChI=1S/C36H39F3N4O4.C2H6/c1-5-26(18-27(23(3)44)17-25-9-6-7-10-25)22(2)41-24(4)42-33-19-31(36(37,38)39)30(21-40-33)28-11-8-12-29-32(45)20-34(47-35(28)29)43-13-15-46-16-14-43;1-2/h5,8,11-12,18-21,25H,4,6-7,9-10,13-17H2,1-3H3,(H,40,42);1-2H3/b26-5-,27-18+,41-22-;. The molecule has 1 saturated carbocycles. The molecule has 8 nitrogen and oxygen atoms in total. The van der Waals surface area contributed by atoms with E-state index in [1.54, 1.807) is 13.8 Å². The second kappa shape index (κ2) is 16.7. The molecule has 1 N–H and O–H groups in total. The number of carbonyl (C=O) groups is 1. The first-order chi connectivity index (χ1) is 23.4. The van der Waals surface area contributed by atoms with E-state index in [4.69, 9.17) is 9.15 Å². The van der Waals surface area contributed by atoms with Crippen LogP contribution in [0.25, 0.3) is 22.1 Å². The number of rotatable bonds is 10. The molecule has 1 saturated heterocycles. The highest BCUT2D eigenvalue weighted by Gasteiger charge is 2.35. The molecule has 262 valence electrons. The zero-order valence-corrected chi connectivity index (χ0v) is 28.9. The number of hydrogen-bond donors (Lipinski definition) is 1. The monoisotopic (exact) mass is 678 g/mol. The van der Waals surface area contributed by atoms with Gasteiger partial charge in [0.05, 0.1) is 24.2 Å². The fourth-order valence-corrected chi connectivity index (χ4v) is 6.15. The predicted octanol–water partition coefficient (Wildman–Crippen LogP) is 9.12. The van der Waals surface area contributed by atoms with Crippen LogP contribution in [0.15, 0.2) is 86.4 Å². The van der Waals surface area contributed by atoms with Crippen LogP contribution in [0.3, 0.4) is 0 Å². The van der Waals surface area contributed by atoms with Crippen LogP contribution in [0.2, 0.25) is 0 Å². The first-order valence-corrected chi connectivity index (χ1v) is 16.8. The number of carbonyl (C=O) groups excluding carboxylic acids is 1. The van der Waals surface area contributed by atoms with Gasteiger partial charge in [0.1, 0.15) is 17.2 Å². The van der Waals surface area contributed by atoms with E-state index < -0.39 is 11.7 Å². The van der Waals surface area contributed by atoms with Crippen molar-refractivity contribution < 1.29 is 27.1 Å². The summed E-state index contributed by atoms with van der Waals surface area (Å²) in [5.74, 6) is 0.738. The molecule has 5 rings (SSSR count). The Labute approximate surface area is 285 Å². The van der Waals surface area contributed by atoms with Gasteiger partial charge in [-0.15, -0.1) is 0 Å². The van der Waals surface area contributed by atoms with E-state index in [0.717, 1.165) is 36.3 Å². The molecule has 3 heterocycles. The minimum absolute atomic E-state index is 0.00719. The van der Waals surface area contributed by atoms with E-state index in [1.807, 2.05) is 37.8 Å². The number of alkyl halides is 3. The third-order valence-electron chi connectivity index (χ3n) is 8.63. The van der Waals surface area contributed by atoms with E-state index in [1.165, 1.54) is 37.1 Å². The van der Waals surface area contributed by atoms with Crippen LogP contribution >= 0.6 is 0 Å². The number of fused-ring (bicyclic) bond motifs is 1. The van der Waals surface area contributed by atoms with Crippen LogP contribution in [-0.2, 0) is 15.7 Å². The summed E-state index contributed by atoms with van der Waals surface area (Å²) in [6, 6.07) is 6.77. The van der Waals surface area contributed by atoms with Crippen molar-refractivity contribution >= 4 is 34.2 Å². The number of pyridine rings is 1. The van der Waals surface area contributed by atoms with E-state index in [9.17, 15) is 22.8 Å². The number of para-hydroxylation sites is 1. The maximum Gasteiger partial charge on any atom is 0.417 e. The molecule has 0 spiro atoms. The maximum atomic E-state index is 14.5. The second-order valence-corrected chi connectivity index (χ2v) is 11.9. The summed E-state index contributed by atoms with van der Waals surface area (Å²) < 4.78 is 55.1. The number of aliphatic imine (C=N–C) groups is 1. The van der Waals surface area contributed by atoms with Gasteiger partial charge in [0, 0.05) is 42.2 Å². The first-order valence-electron chi connectivity index (χ1n) is 16.8. The zero-order chi connectivity index (χ0) is 35.7. The highest BCUT2D eigenvalue weighted by Crippen LogP contribution is 2.40. The van der Waals surface area contributed by atoms with Crippen LogP contribution in [0.4, 0.5) is 24.9 Å². The van der Waals surface area contributed by atoms with E-state index >= 15 is 0 Å². The Morgan fingerprint density at radius 2 is 1.82 bits per heavy atom. The van der Waals surface area contributed by atoms with Gasteiger partial charge >= 0.3 is 6.18 Å². The van der Waals surface area contributed by atoms with Gasteiger partial charge in [-0.2, -0.15) is 13.2 Å². The molecule has 11 heteroatoms. The number of halogens is 3. The summed E-state index contributed by atoms with van der Waals surface area (Å²) in [5, 5.41) is 2.94. The minimum Gasteiger partial charge on any atom is -0.440 e. The lowest BCUT2D eigenvalue weighted by Gasteiger charge is -2.27. The van der Waals surface area contributed by atoms with Crippen LogP contribution in [0.1, 0.15) is 72.3 Å². The number of ether oxygens (including phenoxy) is 1. The van der Waals surface area contributed by atoms with Crippen molar-refractivity contribution in [2.75, 3.05) is 36.5 Å². The van der Waals surface area contributed by atoms with Gasteiger partial charge in [-0.05, 0) is 62.5 Å². The summed E-state index contributed by atoms with van der Waals surface area (Å²) >= 11 is 0. The third-order valence-corrected chi connectivity index (χ3v) is 8.63. The number of anilines is 2. The van der Waals surface area contributed by atoms with Crippen molar-refractivity contribution in [2.24, 2.45) is 10.9 Å². The number of allylic oxidation sites excluding steroid dienone is 4. The SMILES string of the molecule is C=C(\N=C(C)/C(=C\C)/C=C(\CC1CCCC1)C(C)=O)Nc1cc(C(F)(F)F)c(-c2cccc3c(=O)cc(N4CCOCC4)oc23)cn1.CC. The maximum absolute atomic E-state index is 14.5. The normalized spacial score (nSPS) is 16.4. The van der Waals surface area contributed by atoms with Gasteiger partial charge < -0.3 is 19.4 Å². The Bertz CT molecular complexity index is 1810. The number of hydrogen-bond acceptors (Lipinski definition) is 8. The Morgan fingerprint density at radius 3 is 2.45 bits per heavy atom. The lowest BCUT2D eigenvalue weighted by Crippen LogP contribution is -2.36. The molecule has 1 aromatic carbocycles. The fourth-order valence-electron chi connectivity index (χ4n) is 6.15. The predicted molar refractivity (Wildman–Crippen MR) is 190 cm³/mol. The Kier molecular flexibility index (Phi) is 12.7. The van der Waals surface area contributed by atoms with Crippen molar-refractivity contribution in [1.82, 2.24) is 4.98 Å². The molecule has 49 heavy (non-hydrogen) atoms. The molecule has 0 bridgehead atoms. The number of morpholine rings is 1. The number of aromatic nitrogens is 1.